The summed E-state index contributed by atoms with van der Waals surface area (Å²) < 4.78 is 5.30. The molecule has 0 spiro atoms. The van der Waals surface area contributed by atoms with Crippen LogP contribution in [0.3, 0.4) is 0 Å². The smallest absolute Gasteiger partial charge is 0.121 e. The molecule has 0 aliphatic carbocycles. The summed E-state index contributed by atoms with van der Waals surface area (Å²) in [6.45, 7) is 2.92. The first-order valence-electron chi connectivity index (χ1n) is 3.03. The Morgan fingerprint density at radius 3 is 3.12 bits per heavy atom. The Balaban J connectivity index is 2.03. The number of nitrogens with one attached hydrogen (secondary N) is 2. The fraction of sp³-hybridized carbons (Fsp3) is 1.00. The molecule has 2 heterocycles. The second kappa shape index (κ2) is 1.69. The fourth-order valence-corrected chi connectivity index (χ4v) is 1.22. The van der Waals surface area contributed by atoms with E-state index >= 15 is 0 Å². The predicted octanol–water partition coefficient (Wildman–Crippen LogP) is -1.10. The van der Waals surface area contributed by atoms with Crippen LogP contribution in [-0.2, 0) is 4.74 Å². The first kappa shape index (κ1) is 4.73. The zero-order valence-corrected chi connectivity index (χ0v) is 4.68. The van der Waals surface area contributed by atoms with Gasteiger partial charge in [-0.3, -0.25) is 5.32 Å². The Morgan fingerprint density at radius 2 is 2.38 bits per heavy atom. The molecule has 2 aliphatic heterocycles. The molecule has 0 radical (unpaired) electrons. The van der Waals surface area contributed by atoms with Gasteiger partial charge in [0.1, 0.15) is 6.23 Å². The van der Waals surface area contributed by atoms with Gasteiger partial charge in [0.05, 0.1) is 6.61 Å². The van der Waals surface area contributed by atoms with E-state index in [4.69, 9.17) is 4.74 Å². The van der Waals surface area contributed by atoms with E-state index in [1.807, 2.05) is 0 Å². The van der Waals surface area contributed by atoms with E-state index in [-0.39, 0.29) is 0 Å². The zero-order chi connectivity index (χ0) is 5.40. The molecule has 46 valence electrons. The van der Waals surface area contributed by atoms with Crippen molar-refractivity contribution in [1.82, 2.24) is 10.6 Å². The van der Waals surface area contributed by atoms with E-state index in [1.54, 1.807) is 0 Å². The van der Waals surface area contributed by atoms with E-state index < -0.39 is 0 Å². The minimum Gasteiger partial charge on any atom is -0.360 e. The molecule has 2 fully saturated rings. The molecule has 2 aliphatic rings. The number of fused-ring (bicyclic) bond motifs is 2. The van der Waals surface area contributed by atoms with Crippen LogP contribution in [0.4, 0.5) is 0 Å². The van der Waals surface area contributed by atoms with E-state index in [9.17, 15) is 0 Å². The maximum Gasteiger partial charge on any atom is 0.121 e. The molecular formula is C5H10N2O. The molecule has 3 heteroatoms. The summed E-state index contributed by atoms with van der Waals surface area (Å²) in [6, 6.07) is 0.578. The third-order valence-electron chi connectivity index (χ3n) is 1.64. The Morgan fingerprint density at radius 1 is 1.38 bits per heavy atom. The normalized spacial score (nSPS) is 45.0. The zero-order valence-electron chi connectivity index (χ0n) is 4.68. The largest absolute Gasteiger partial charge is 0.360 e. The third-order valence-corrected chi connectivity index (χ3v) is 1.64. The third kappa shape index (κ3) is 0.632. The topological polar surface area (TPSA) is 33.3 Å². The molecule has 0 unspecified atom stereocenters. The summed E-state index contributed by atoms with van der Waals surface area (Å²) >= 11 is 0. The maximum absolute atomic E-state index is 5.30. The van der Waals surface area contributed by atoms with Crippen molar-refractivity contribution in [2.75, 3.05) is 19.7 Å². The summed E-state index contributed by atoms with van der Waals surface area (Å²) in [7, 11) is 0. The highest BCUT2D eigenvalue weighted by atomic mass is 16.5. The lowest BCUT2D eigenvalue weighted by Gasteiger charge is -2.18. The van der Waals surface area contributed by atoms with Crippen LogP contribution in [-0.4, -0.2) is 32.0 Å². The molecule has 0 aromatic heterocycles. The van der Waals surface area contributed by atoms with Gasteiger partial charge in [-0.1, -0.05) is 0 Å². The lowest BCUT2D eigenvalue weighted by atomic mass is 10.3. The first-order chi connectivity index (χ1) is 3.95. The second-order valence-electron chi connectivity index (χ2n) is 2.34. The van der Waals surface area contributed by atoms with Gasteiger partial charge in [0.15, 0.2) is 0 Å². The van der Waals surface area contributed by atoms with E-state index in [1.165, 1.54) is 0 Å². The summed E-state index contributed by atoms with van der Waals surface area (Å²) in [4.78, 5) is 0. The molecule has 2 atom stereocenters. The highest BCUT2D eigenvalue weighted by Crippen LogP contribution is 2.04. The molecule has 2 saturated heterocycles. The summed E-state index contributed by atoms with van der Waals surface area (Å²) in [5.74, 6) is 0. The Labute approximate surface area is 48.4 Å². The van der Waals surface area contributed by atoms with Crippen LogP contribution < -0.4 is 10.6 Å². The number of rotatable bonds is 0. The van der Waals surface area contributed by atoms with Crippen LogP contribution in [0.2, 0.25) is 0 Å². The summed E-state index contributed by atoms with van der Waals surface area (Å²) in [5.41, 5.74) is 0. The molecule has 0 aromatic carbocycles. The van der Waals surface area contributed by atoms with Crippen LogP contribution in [0.5, 0.6) is 0 Å². The number of hydrogen-bond donors (Lipinski definition) is 2. The van der Waals surface area contributed by atoms with Crippen molar-refractivity contribution >= 4 is 0 Å². The number of hydrogen-bond acceptors (Lipinski definition) is 3. The monoisotopic (exact) mass is 114 g/mol. The average molecular weight is 114 g/mol. The Hall–Kier alpha value is -0.120. The van der Waals surface area contributed by atoms with Crippen LogP contribution in [0, 0.1) is 0 Å². The van der Waals surface area contributed by atoms with Crippen LogP contribution in [0.15, 0.2) is 0 Å². The van der Waals surface area contributed by atoms with E-state index in [0.29, 0.717) is 12.3 Å². The Bertz CT molecular complexity index is 82.4. The van der Waals surface area contributed by atoms with Gasteiger partial charge in [-0.05, 0) is 0 Å². The number of piperazine rings is 1. The molecule has 3 nitrogen and oxygen atoms in total. The highest BCUT2D eigenvalue weighted by Gasteiger charge is 2.27. The van der Waals surface area contributed by atoms with Crippen molar-refractivity contribution in [3.63, 3.8) is 0 Å². The predicted molar refractivity (Wildman–Crippen MR) is 29.5 cm³/mol. The lowest BCUT2D eigenvalue weighted by Crippen LogP contribution is -2.49. The summed E-state index contributed by atoms with van der Waals surface area (Å²) in [5, 5.41) is 6.56. The quantitative estimate of drug-likeness (QED) is 0.419. The van der Waals surface area contributed by atoms with Crippen molar-refractivity contribution in [1.29, 1.82) is 0 Å². The molecule has 0 saturated carbocycles. The molecule has 0 aromatic rings. The van der Waals surface area contributed by atoms with Gasteiger partial charge in [0.25, 0.3) is 0 Å². The molecule has 8 heavy (non-hydrogen) atoms. The molecule has 2 bridgehead atoms. The Kier molecular flexibility index (Phi) is 0.997. The van der Waals surface area contributed by atoms with Gasteiger partial charge in [0, 0.05) is 19.1 Å². The average Bonchev–Trinajstić information content (AvgIpc) is 2.12. The van der Waals surface area contributed by atoms with Gasteiger partial charge >= 0.3 is 0 Å². The van der Waals surface area contributed by atoms with Gasteiger partial charge in [-0.15, -0.1) is 0 Å². The van der Waals surface area contributed by atoms with Crippen molar-refractivity contribution in [2.45, 2.75) is 12.3 Å². The standard InChI is InChI=1S/C5H10N2O/c1-4-3-8-5(7-4)2-6-1/h4-7H,1-3H2/t4-,5-/m1/s1. The minimum atomic E-state index is 0.300. The SMILES string of the molecule is C1NC[C@@H]2N[C@H]1CO2. The fourth-order valence-electron chi connectivity index (χ4n) is 1.22. The van der Waals surface area contributed by atoms with Crippen molar-refractivity contribution in [3.05, 3.63) is 0 Å². The lowest BCUT2D eigenvalue weighted by molar-refractivity contribution is 0.105. The van der Waals surface area contributed by atoms with E-state index in [0.717, 1.165) is 19.7 Å². The molecular weight excluding hydrogens is 104 g/mol. The minimum absolute atomic E-state index is 0.300. The van der Waals surface area contributed by atoms with Gasteiger partial charge in [-0.2, -0.15) is 0 Å². The van der Waals surface area contributed by atoms with Gasteiger partial charge < -0.3 is 10.1 Å². The highest BCUT2D eigenvalue weighted by molar-refractivity contribution is 4.83. The van der Waals surface area contributed by atoms with Gasteiger partial charge in [0.2, 0.25) is 0 Å². The first-order valence-corrected chi connectivity index (χ1v) is 3.03. The van der Waals surface area contributed by atoms with Crippen molar-refractivity contribution < 1.29 is 4.74 Å². The van der Waals surface area contributed by atoms with Crippen LogP contribution >= 0.6 is 0 Å². The van der Waals surface area contributed by atoms with Crippen LogP contribution in [0.25, 0.3) is 0 Å². The van der Waals surface area contributed by atoms with Crippen molar-refractivity contribution in [2.24, 2.45) is 0 Å². The maximum atomic E-state index is 5.30. The van der Waals surface area contributed by atoms with E-state index in [2.05, 4.69) is 10.6 Å². The summed E-state index contributed by atoms with van der Waals surface area (Å²) in [6.07, 6.45) is 0.300. The number of ether oxygens (including phenoxy) is 1. The van der Waals surface area contributed by atoms with Crippen LogP contribution in [0.1, 0.15) is 0 Å². The molecule has 0 amide bonds. The van der Waals surface area contributed by atoms with Crippen molar-refractivity contribution in [3.8, 4) is 0 Å². The second-order valence-corrected chi connectivity index (χ2v) is 2.34. The molecule has 2 N–H and O–H groups in total. The molecule has 2 rings (SSSR count). The van der Waals surface area contributed by atoms with Gasteiger partial charge in [-0.25, -0.2) is 0 Å².